The Kier molecular flexibility index (Phi) is 40.2. The molecule has 610 valence electrons. The fourth-order valence-electron chi connectivity index (χ4n) is 12.4. The number of aliphatic hydroxyl groups is 5. The Morgan fingerprint density at radius 1 is 0.556 bits per heavy atom. The summed E-state index contributed by atoms with van der Waals surface area (Å²) in [6.45, 7) is 14.9. The molecule has 39 heteroatoms. The standard InChI is InChI=1S/C69H118N18O21/c1-32(2)29-35(6)53(93)36(7)57(96)78-37(8)58(97)79-42(17-15-26-76-68(72)73)54(94)55(95)64(103)82-49(34(5)31-48(71)92)61(100)83-51(39(10)89)63(102)84-50(38(9)88)62(101)80-43(18-16-27-77-69(74)75)59(98)81-44(30-33(3)4)65(104)86(11)45(24-25-47(70)91)60(99)85-52(56(108-12)40-20-22-41(90)23-21-40)66(105)87-28-14-13-19-46(87)67(106)107/h20-23,32-39,42-46,49-56,88-90,93-95H,13-19,24-31H2,1-12H3,(H2,70,91)(H2,71,92)(H,78,96)(H,79,97)(H,80,101)(H,81,98)(H,82,103)(H,83,100)(H,84,102)(H,85,99)(H,106,107)(H4,72,73,76)(H4,74,75,77)/t34-,35+,36+,37+,38+,39+,42-,43+,44-,45-,46-,49-,50+,51+,52+,53+,54+,55+,56+/m0/s1. The molecule has 1 aromatic rings. The average molecular weight is 1540 g/mol. The zero-order valence-electron chi connectivity index (χ0n) is 63.6. The number of aliphatic carboxylic acids is 1. The fraction of sp³-hybridized carbons (Fsp3) is 0.696. The summed E-state index contributed by atoms with van der Waals surface area (Å²) in [7, 11) is 2.39. The van der Waals surface area contributed by atoms with Crippen LogP contribution >= 0.6 is 0 Å². The molecule has 2 rings (SSSR count). The van der Waals surface area contributed by atoms with Crippen LogP contribution in [0.25, 0.3) is 0 Å². The van der Waals surface area contributed by atoms with Gasteiger partial charge in [-0.3, -0.25) is 67.5 Å². The predicted molar refractivity (Wildman–Crippen MR) is 392 cm³/mol. The maximum Gasteiger partial charge on any atom is 0.326 e. The second-order valence-electron chi connectivity index (χ2n) is 28.5. The van der Waals surface area contributed by atoms with Gasteiger partial charge in [-0.1, -0.05) is 60.6 Å². The number of nitrogens with one attached hydrogen (secondary N) is 8. The zero-order chi connectivity index (χ0) is 82.3. The van der Waals surface area contributed by atoms with Crippen LogP contribution in [-0.4, -0.2) is 259 Å². The molecule has 1 aromatic carbocycles. The minimum atomic E-state index is -2.50. The molecule has 1 heterocycles. The van der Waals surface area contributed by atoms with Crippen molar-refractivity contribution in [2.24, 2.45) is 74.0 Å². The number of benzene rings is 1. The number of aliphatic hydroxyl groups excluding tert-OH is 5. The Morgan fingerprint density at radius 2 is 1.06 bits per heavy atom. The highest BCUT2D eigenvalue weighted by Crippen LogP contribution is 2.29. The normalized spacial score (nSPS) is 18.0. The van der Waals surface area contributed by atoms with Crippen molar-refractivity contribution in [2.45, 2.75) is 243 Å². The second kappa shape index (κ2) is 45.9. The molecule has 0 aromatic heterocycles. The van der Waals surface area contributed by atoms with Gasteiger partial charge in [0, 0.05) is 46.6 Å². The molecule has 0 aliphatic carbocycles. The van der Waals surface area contributed by atoms with E-state index >= 15 is 0 Å². The lowest BCUT2D eigenvalue weighted by Crippen LogP contribution is -2.64. The number of rotatable bonds is 47. The molecule has 1 fully saturated rings. The number of likely N-dealkylation sites (tertiary alicyclic amines) is 1. The van der Waals surface area contributed by atoms with Crippen LogP contribution in [0.4, 0.5) is 0 Å². The number of nitrogens with two attached hydrogens (primary N) is 6. The first-order chi connectivity index (χ1) is 50.4. The Morgan fingerprint density at radius 3 is 1.56 bits per heavy atom. The number of primary amides is 2. The van der Waals surface area contributed by atoms with E-state index in [1.807, 2.05) is 13.8 Å². The monoisotopic (exact) mass is 1530 g/mol. The Hall–Kier alpha value is -9.57. The van der Waals surface area contributed by atoms with Crippen molar-refractivity contribution in [3.05, 3.63) is 29.8 Å². The summed E-state index contributed by atoms with van der Waals surface area (Å²) in [5.41, 5.74) is 33.4. The summed E-state index contributed by atoms with van der Waals surface area (Å²) in [6.07, 6.45) is -11.6. The van der Waals surface area contributed by atoms with Crippen LogP contribution in [0.3, 0.4) is 0 Å². The van der Waals surface area contributed by atoms with Crippen molar-refractivity contribution in [2.75, 3.05) is 33.8 Å². The summed E-state index contributed by atoms with van der Waals surface area (Å²) < 4.78 is 5.77. The number of phenols is 1. The van der Waals surface area contributed by atoms with Crippen LogP contribution in [0, 0.1) is 29.6 Å². The number of piperidine rings is 1. The lowest BCUT2D eigenvalue weighted by atomic mass is 9.87. The Labute approximate surface area is 628 Å². The van der Waals surface area contributed by atoms with Crippen LogP contribution in [0.1, 0.15) is 158 Å². The number of likely N-dealkylation sites (N-methyl/N-ethyl adjacent to an activating group) is 1. The van der Waals surface area contributed by atoms with Gasteiger partial charge in [-0.2, -0.15) is 0 Å². The van der Waals surface area contributed by atoms with Crippen molar-refractivity contribution in [1.82, 2.24) is 52.3 Å². The van der Waals surface area contributed by atoms with Gasteiger partial charge in [0.25, 0.3) is 5.91 Å². The molecule has 0 unspecified atom stereocenters. The van der Waals surface area contributed by atoms with E-state index in [-0.39, 0.29) is 93.2 Å². The second-order valence-corrected chi connectivity index (χ2v) is 28.5. The number of methoxy groups -OCH3 is 1. The summed E-state index contributed by atoms with van der Waals surface area (Å²) in [6, 6.07) is -11.4. The topological polar surface area (TPSA) is 656 Å². The zero-order valence-corrected chi connectivity index (χ0v) is 63.6. The SMILES string of the molecule is CO[C@H](c1ccc(O)cc1)[C@@H](NC(=O)[C@H](CCC(N)=O)N(C)C(=O)[C@H](CC(C)C)NC(=O)[C@@H](CCCN=C(N)N)NC(=O)[C@H](NC(=O)[C@H](NC(=O)[C@@H](NC(=O)[C@H](O)[C@H](O)[C@H](CCCN=C(N)N)NC(=O)[C@@H](C)NC(=O)[C@H](C)[C@H](O)[C@H](C)CC(C)C)[C@@H](C)CC(N)=O)[C@@H](C)O)[C@@H](C)O)C(=O)N1CCCC[C@H]1C(=O)O. The van der Waals surface area contributed by atoms with Gasteiger partial charge in [0.15, 0.2) is 18.0 Å². The van der Waals surface area contributed by atoms with Gasteiger partial charge in [-0.25, -0.2) is 4.79 Å². The third-order valence-electron chi connectivity index (χ3n) is 18.3. The van der Waals surface area contributed by atoms with E-state index in [0.717, 1.165) is 23.6 Å². The quantitative estimate of drug-likeness (QED) is 0.0164. The van der Waals surface area contributed by atoms with E-state index < -0.39 is 211 Å². The number of phenolic OH excluding ortho intramolecular Hbond substituents is 1. The number of hydrogen-bond acceptors (Lipinski definition) is 22. The number of carbonyl (C=O) groups excluding carboxylic acids is 12. The summed E-state index contributed by atoms with van der Waals surface area (Å²) in [4.78, 5) is 190. The van der Waals surface area contributed by atoms with Crippen molar-refractivity contribution in [3.8, 4) is 5.75 Å². The summed E-state index contributed by atoms with van der Waals surface area (Å²) in [5.74, 6) is -17.8. The molecule has 1 aliphatic rings. The number of guanidine groups is 2. The number of carbonyl (C=O) groups is 13. The van der Waals surface area contributed by atoms with Gasteiger partial charge in [0.2, 0.25) is 65.0 Å². The van der Waals surface area contributed by atoms with Crippen molar-refractivity contribution < 1.29 is 103 Å². The number of carboxylic acids is 1. The maximum atomic E-state index is 14.9. The van der Waals surface area contributed by atoms with E-state index in [1.165, 1.54) is 59.2 Å². The molecule has 1 saturated heterocycles. The van der Waals surface area contributed by atoms with E-state index in [1.54, 1.807) is 20.8 Å². The highest BCUT2D eigenvalue weighted by atomic mass is 16.5. The van der Waals surface area contributed by atoms with Crippen LogP contribution in [-0.2, 0) is 67.1 Å². The predicted octanol–water partition coefficient (Wildman–Crippen LogP) is -5.64. The molecule has 0 spiro atoms. The lowest BCUT2D eigenvalue weighted by Gasteiger charge is -2.38. The smallest absolute Gasteiger partial charge is 0.326 e. The minimum Gasteiger partial charge on any atom is -0.508 e. The summed E-state index contributed by atoms with van der Waals surface area (Å²) >= 11 is 0. The molecular formula is C69H118N18O21. The van der Waals surface area contributed by atoms with Crippen LogP contribution < -0.4 is 76.9 Å². The highest BCUT2D eigenvalue weighted by Gasteiger charge is 2.45. The largest absolute Gasteiger partial charge is 0.508 e. The molecule has 39 nitrogen and oxygen atoms in total. The van der Waals surface area contributed by atoms with Gasteiger partial charge in [-0.05, 0) is 126 Å². The molecule has 19 atom stereocenters. The molecule has 27 N–H and O–H groups in total. The first-order valence-corrected chi connectivity index (χ1v) is 36.0. The van der Waals surface area contributed by atoms with Gasteiger partial charge >= 0.3 is 5.97 Å². The average Bonchev–Trinajstić information content (AvgIpc) is 0.813. The lowest BCUT2D eigenvalue weighted by molar-refractivity contribution is -0.155. The van der Waals surface area contributed by atoms with E-state index in [9.17, 15) is 98.1 Å². The van der Waals surface area contributed by atoms with Crippen LogP contribution in [0.15, 0.2) is 34.3 Å². The van der Waals surface area contributed by atoms with E-state index in [2.05, 4.69) is 52.5 Å². The fourth-order valence-corrected chi connectivity index (χ4v) is 12.4. The van der Waals surface area contributed by atoms with Crippen molar-refractivity contribution in [3.63, 3.8) is 0 Å². The number of carboxylic acid groups (broad SMARTS) is 1. The molecule has 12 amide bonds. The molecule has 0 saturated carbocycles. The van der Waals surface area contributed by atoms with Crippen LogP contribution in [0.5, 0.6) is 5.75 Å². The highest BCUT2D eigenvalue weighted by molar-refractivity contribution is 5.99. The van der Waals surface area contributed by atoms with Gasteiger partial charge in [0.1, 0.15) is 72.3 Å². The molecular weight excluding hydrogens is 1420 g/mol. The van der Waals surface area contributed by atoms with E-state index in [0.29, 0.717) is 19.3 Å². The third-order valence-corrected chi connectivity index (χ3v) is 18.3. The number of aromatic hydroxyl groups is 1. The van der Waals surface area contributed by atoms with Crippen LogP contribution in [0.2, 0.25) is 0 Å². The van der Waals surface area contributed by atoms with Gasteiger partial charge in [0.05, 0.1) is 30.3 Å². The minimum absolute atomic E-state index is 0.0174. The first-order valence-electron chi connectivity index (χ1n) is 36.0. The van der Waals surface area contributed by atoms with E-state index in [4.69, 9.17) is 39.1 Å². The summed E-state index contributed by atoms with van der Waals surface area (Å²) in [5, 5.41) is 95.7. The van der Waals surface area contributed by atoms with Gasteiger partial charge in [-0.15, -0.1) is 0 Å². The van der Waals surface area contributed by atoms with Crippen molar-refractivity contribution in [1.29, 1.82) is 0 Å². The molecule has 0 bridgehead atoms. The Balaban J connectivity index is 2.59. The number of nitrogens with zero attached hydrogens (tertiary/aromatic N) is 4. The molecule has 0 radical (unpaired) electrons. The van der Waals surface area contributed by atoms with Crippen molar-refractivity contribution >= 4 is 88.8 Å². The number of aliphatic imine (C=N–C) groups is 2. The number of hydrogen-bond donors (Lipinski definition) is 21. The maximum absolute atomic E-state index is 14.9. The molecule has 1 aliphatic heterocycles. The molecule has 108 heavy (non-hydrogen) atoms. The third kappa shape index (κ3) is 31.0. The number of ether oxygens (including phenoxy) is 1. The first kappa shape index (κ1) is 94.5. The van der Waals surface area contributed by atoms with Gasteiger partial charge < -0.3 is 127 Å². The number of amides is 12. The Bertz CT molecular complexity index is 3240.